The first kappa shape index (κ1) is 14.5. The smallest absolute Gasteiger partial charge is 0.365 e. The average molecular weight is 262 g/mol. The van der Waals surface area contributed by atoms with Crippen LogP contribution in [0.5, 0.6) is 0 Å². The lowest BCUT2D eigenvalue weighted by Gasteiger charge is -2.09. The molecule has 0 aromatic heterocycles. The maximum Gasteiger partial charge on any atom is 0.416 e. The number of amides is 1. The second-order valence-electron chi connectivity index (χ2n) is 3.41. The van der Waals surface area contributed by atoms with Crippen LogP contribution < -0.4 is 11.1 Å². The molecule has 0 aliphatic heterocycles. The van der Waals surface area contributed by atoms with Gasteiger partial charge in [-0.25, -0.2) is 0 Å². The molecule has 0 fully saturated rings. The maximum atomic E-state index is 12.4. The number of nitrogens with one attached hydrogen (secondary N) is 1. The Morgan fingerprint density at radius 2 is 2.11 bits per heavy atom. The minimum Gasteiger partial charge on any atom is -0.365 e. The predicted octanol–water partition coefficient (Wildman–Crippen LogP) is 1.37. The van der Waals surface area contributed by atoms with E-state index in [0.717, 1.165) is 12.1 Å². The van der Waals surface area contributed by atoms with Crippen LogP contribution in [0.4, 0.5) is 13.2 Å². The monoisotopic (exact) mass is 262 g/mol. The zero-order valence-electron chi connectivity index (χ0n) is 9.46. The summed E-state index contributed by atoms with van der Waals surface area (Å²) in [6.45, 7) is 0.424. The number of nitrogens with two attached hydrogens (primary N) is 1. The quantitative estimate of drug-likeness (QED) is 0.622. The van der Waals surface area contributed by atoms with Crippen LogP contribution in [0.3, 0.4) is 0 Å². The van der Waals surface area contributed by atoms with Crippen molar-refractivity contribution in [3.63, 3.8) is 0 Å². The molecule has 7 heteroatoms. The van der Waals surface area contributed by atoms with E-state index < -0.39 is 17.6 Å². The molecule has 100 valence electrons. The van der Waals surface area contributed by atoms with Gasteiger partial charge >= 0.3 is 6.18 Å². The third-order valence-electron chi connectivity index (χ3n) is 2.10. The molecule has 0 saturated heterocycles. The van der Waals surface area contributed by atoms with E-state index in [2.05, 4.69) is 5.32 Å². The SMILES string of the molecule is NCOCCNC(=O)c1cccc(C(F)(F)F)c1. The molecule has 0 aliphatic carbocycles. The summed E-state index contributed by atoms with van der Waals surface area (Å²) in [5.41, 5.74) is 4.17. The van der Waals surface area contributed by atoms with E-state index in [9.17, 15) is 18.0 Å². The normalized spacial score (nSPS) is 11.3. The van der Waals surface area contributed by atoms with Crippen molar-refractivity contribution in [2.24, 2.45) is 5.73 Å². The van der Waals surface area contributed by atoms with Crippen molar-refractivity contribution in [1.29, 1.82) is 0 Å². The van der Waals surface area contributed by atoms with Gasteiger partial charge in [0.25, 0.3) is 5.91 Å². The summed E-state index contributed by atoms with van der Waals surface area (Å²) in [4.78, 5) is 11.5. The van der Waals surface area contributed by atoms with Crippen molar-refractivity contribution < 1.29 is 22.7 Å². The van der Waals surface area contributed by atoms with Gasteiger partial charge in [0.2, 0.25) is 0 Å². The van der Waals surface area contributed by atoms with Crippen LogP contribution in [-0.2, 0) is 10.9 Å². The molecule has 1 aromatic carbocycles. The van der Waals surface area contributed by atoms with Crippen LogP contribution >= 0.6 is 0 Å². The highest BCUT2D eigenvalue weighted by Gasteiger charge is 2.30. The number of ether oxygens (including phenoxy) is 1. The van der Waals surface area contributed by atoms with Crippen molar-refractivity contribution in [2.75, 3.05) is 19.9 Å². The fourth-order valence-electron chi connectivity index (χ4n) is 1.26. The van der Waals surface area contributed by atoms with Gasteiger partial charge in [-0.15, -0.1) is 0 Å². The molecule has 0 bridgehead atoms. The van der Waals surface area contributed by atoms with Gasteiger partial charge in [0.15, 0.2) is 0 Å². The van der Waals surface area contributed by atoms with E-state index in [1.807, 2.05) is 0 Å². The Hall–Kier alpha value is -1.60. The molecule has 0 saturated carbocycles. The Balaban J connectivity index is 2.63. The average Bonchev–Trinajstić information content (AvgIpc) is 2.33. The van der Waals surface area contributed by atoms with Crippen molar-refractivity contribution >= 4 is 5.91 Å². The number of halogens is 3. The lowest BCUT2D eigenvalue weighted by Crippen LogP contribution is -2.28. The van der Waals surface area contributed by atoms with Crippen LogP contribution in [-0.4, -0.2) is 25.8 Å². The van der Waals surface area contributed by atoms with Crippen LogP contribution in [0, 0.1) is 0 Å². The highest BCUT2D eigenvalue weighted by molar-refractivity contribution is 5.94. The molecule has 3 N–H and O–H groups in total. The predicted molar refractivity (Wildman–Crippen MR) is 58.8 cm³/mol. The molecule has 0 unspecified atom stereocenters. The number of benzene rings is 1. The molecule has 4 nitrogen and oxygen atoms in total. The second-order valence-corrected chi connectivity index (χ2v) is 3.41. The number of carbonyl (C=O) groups is 1. The molecule has 1 amide bonds. The van der Waals surface area contributed by atoms with Crippen molar-refractivity contribution in [3.05, 3.63) is 35.4 Å². The van der Waals surface area contributed by atoms with E-state index in [-0.39, 0.29) is 25.4 Å². The van der Waals surface area contributed by atoms with E-state index in [0.29, 0.717) is 0 Å². The topological polar surface area (TPSA) is 64.3 Å². The van der Waals surface area contributed by atoms with E-state index >= 15 is 0 Å². The summed E-state index contributed by atoms with van der Waals surface area (Å²) in [5, 5.41) is 2.43. The van der Waals surface area contributed by atoms with E-state index in [4.69, 9.17) is 10.5 Å². The Morgan fingerprint density at radius 1 is 1.39 bits per heavy atom. The zero-order valence-corrected chi connectivity index (χ0v) is 9.46. The van der Waals surface area contributed by atoms with Gasteiger partial charge in [-0.05, 0) is 18.2 Å². The van der Waals surface area contributed by atoms with Crippen LogP contribution in [0.2, 0.25) is 0 Å². The molecular formula is C11H13F3N2O2. The molecule has 18 heavy (non-hydrogen) atoms. The number of hydrogen-bond acceptors (Lipinski definition) is 3. The second kappa shape index (κ2) is 6.36. The van der Waals surface area contributed by atoms with Gasteiger partial charge in [0.1, 0.15) is 0 Å². The number of carbonyl (C=O) groups excluding carboxylic acids is 1. The highest BCUT2D eigenvalue weighted by Crippen LogP contribution is 2.29. The molecule has 1 rings (SSSR count). The summed E-state index contributed by atoms with van der Waals surface area (Å²) in [7, 11) is 0. The van der Waals surface area contributed by atoms with Gasteiger partial charge < -0.3 is 15.8 Å². The van der Waals surface area contributed by atoms with Crippen molar-refractivity contribution in [2.45, 2.75) is 6.18 Å². The van der Waals surface area contributed by atoms with E-state index in [1.54, 1.807) is 0 Å². The molecule has 0 spiro atoms. The first-order chi connectivity index (χ1) is 8.45. The standard InChI is InChI=1S/C11H13F3N2O2/c12-11(13,14)9-3-1-2-8(6-9)10(17)16-4-5-18-7-15/h1-3,6H,4-5,7,15H2,(H,16,17). The fraction of sp³-hybridized carbons (Fsp3) is 0.364. The summed E-state index contributed by atoms with van der Waals surface area (Å²) in [6.07, 6.45) is -4.46. The third kappa shape index (κ3) is 4.34. The third-order valence-corrected chi connectivity index (χ3v) is 2.10. The Labute approximate surface area is 102 Å². The first-order valence-corrected chi connectivity index (χ1v) is 5.18. The number of hydrogen-bond donors (Lipinski definition) is 2. The summed E-state index contributed by atoms with van der Waals surface area (Å²) in [5.74, 6) is -0.582. The molecule has 1 aromatic rings. The lowest BCUT2D eigenvalue weighted by molar-refractivity contribution is -0.137. The molecule has 0 radical (unpaired) electrons. The fourth-order valence-corrected chi connectivity index (χ4v) is 1.26. The largest absolute Gasteiger partial charge is 0.416 e. The summed E-state index contributed by atoms with van der Waals surface area (Å²) >= 11 is 0. The molecular weight excluding hydrogens is 249 g/mol. The Kier molecular flexibility index (Phi) is 5.11. The first-order valence-electron chi connectivity index (χ1n) is 5.18. The van der Waals surface area contributed by atoms with Gasteiger partial charge in [0, 0.05) is 12.1 Å². The van der Waals surface area contributed by atoms with Crippen molar-refractivity contribution in [1.82, 2.24) is 5.32 Å². The van der Waals surface area contributed by atoms with Gasteiger partial charge in [-0.3, -0.25) is 4.79 Å². The lowest BCUT2D eigenvalue weighted by atomic mass is 10.1. The van der Waals surface area contributed by atoms with E-state index in [1.165, 1.54) is 12.1 Å². The minimum absolute atomic E-state index is 0.0272. The maximum absolute atomic E-state index is 12.4. The highest BCUT2D eigenvalue weighted by atomic mass is 19.4. The Morgan fingerprint density at radius 3 is 2.72 bits per heavy atom. The summed E-state index contributed by atoms with van der Waals surface area (Å²) in [6, 6.07) is 4.22. The molecule has 0 aliphatic rings. The van der Waals surface area contributed by atoms with Gasteiger partial charge in [0.05, 0.1) is 18.9 Å². The van der Waals surface area contributed by atoms with Crippen molar-refractivity contribution in [3.8, 4) is 0 Å². The van der Waals surface area contributed by atoms with Gasteiger partial charge in [-0.2, -0.15) is 13.2 Å². The molecule has 0 atom stereocenters. The van der Waals surface area contributed by atoms with Crippen LogP contribution in [0.25, 0.3) is 0 Å². The number of alkyl halides is 3. The van der Waals surface area contributed by atoms with Crippen LogP contribution in [0.15, 0.2) is 24.3 Å². The van der Waals surface area contributed by atoms with Crippen LogP contribution in [0.1, 0.15) is 15.9 Å². The Bertz CT molecular complexity index is 408. The number of rotatable bonds is 5. The van der Waals surface area contributed by atoms with Gasteiger partial charge in [-0.1, -0.05) is 6.07 Å². The summed E-state index contributed by atoms with van der Waals surface area (Å²) < 4.78 is 42.0. The minimum atomic E-state index is -4.46. The molecule has 0 heterocycles. The zero-order chi connectivity index (χ0) is 13.6.